The summed E-state index contributed by atoms with van der Waals surface area (Å²) < 4.78 is 0. The van der Waals surface area contributed by atoms with Crippen LogP contribution in [0.4, 0.5) is 0 Å². The summed E-state index contributed by atoms with van der Waals surface area (Å²) >= 11 is 0. The van der Waals surface area contributed by atoms with Crippen molar-refractivity contribution in [1.82, 2.24) is 15.3 Å². The van der Waals surface area contributed by atoms with Crippen molar-refractivity contribution in [2.24, 2.45) is 0 Å². The Balaban J connectivity index is 2.34. The molecule has 0 spiro atoms. The zero-order chi connectivity index (χ0) is 12.3. The van der Waals surface area contributed by atoms with Gasteiger partial charge in [0.1, 0.15) is 0 Å². The first-order valence-corrected chi connectivity index (χ1v) is 5.48. The lowest BCUT2D eigenvalue weighted by atomic mass is 10.2. The second-order valence-corrected chi connectivity index (χ2v) is 3.74. The molecule has 5 nitrogen and oxygen atoms in total. The van der Waals surface area contributed by atoms with Crippen LogP contribution >= 0.6 is 0 Å². The molecule has 1 heterocycles. The van der Waals surface area contributed by atoms with Gasteiger partial charge < -0.3 is 10.3 Å². The number of aromatic nitrogens is 2. The molecule has 0 saturated carbocycles. The van der Waals surface area contributed by atoms with Gasteiger partial charge in [-0.3, -0.25) is 9.59 Å². The van der Waals surface area contributed by atoms with Crippen LogP contribution in [-0.4, -0.2) is 22.4 Å². The van der Waals surface area contributed by atoms with Crippen LogP contribution in [0.3, 0.4) is 0 Å². The number of carbonyl (C=O) groups is 1. The van der Waals surface area contributed by atoms with E-state index in [0.717, 1.165) is 6.42 Å². The Bertz CT molecular complexity index is 604. The van der Waals surface area contributed by atoms with Gasteiger partial charge in [0.15, 0.2) is 0 Å². The van der Waals surface area contributed by atoms with E-state index in [-0.39, 0.29) is 11.5 Å². The lowest BCUT2D eigenvalue weighted by Gasteiger charge is -2.04. The quantitative estimate of drug-likeness (QED) is 0.829. The summed E-state index contributed by atoms with van der Waals surface area (Å²) in [5.41, 5.74) is 1.53. The molecule has 0 aliphatic heterocycles. The zero-order valence-electron chi connectivity index (χ0n) is 9.49. The largest absolute Gasteiger partial charge is 0.352 e. The maximum absolute atomic E-state index is 11.7. The molecule has 0 aliphatic carbocycles. The third-order valence-electron chi connectivity index (χ3n) is 2.37. The molecule has 1 amide bonds. The highest BCUT2D eigenvalue weighted by molar-refractivity contribution is 5.97. The van der Waals surface area contributed by atoms with E-state index in [1.54, 1.807) is 18.2 Å². The molecule has 17 heavy (non-hydrogen) atoms. The van der Waals surface area contributed by atoms with Gasteiger partial charge in [0.05, 0.1) is 17.2 Å². The minimum atomic E-state index is -0.249. The van der Waals surface area contributed by atoms with Crippen LogP contribution in [0.25, 0.3) is 11.0 Å². The van der Waals surface area contributed by atoms with E-state index in [9.17, 15) is 9.59 Å². The number of hydrogen-bond acceptors (Lipinski definition) is 3. The number of amides is 1. The van der Waals surface area contributed by atoms with E-state index in [1.165, 1.54) is 6.20 Å². The molecule has 1 aromatic carbocycles. The van der Waals surface area contributed by atoms with E-state index in [0.29, 0.717) is 23.1 Å². The van der Waals surface area contributed by atoms with E-state index >= 15 is 0 Å². The van der Waals surface area contributed by atoms with Gasteiger partial charge in [0.2, 0.25) is 0 Å². The highest BCUT2D eigenvalue weighted by Crippen LogP contribution is 2.09. The van der Waals surface area contributed by atoms with Gasteiger partial charge in [-0.15, -0.1) is 0 Å². The molecule has 2 aromatic rings. The normalized spacial score (nSPS) is 10.4. The van der Waals surface area contributed by atoms with E-state index in [4.69, 9.17) is 0 Å². The van der Waals surface area contributed by atoms with Crippen LogP contribution in [0.1, 0.15) is 23.7 Å². The van der Waals surface area contributed by atoms with Crippen LogP contribution in [-0.2, 0) is 0 Å². The highest BCUT2D eigenvalue weighted by atomic mass is 16.1. The average molecular weight is 231 g/mol. The lowest BCUT2D eigenvalue weighted by Crippen LogP contribution is -2.23. The number of carbonyl (C=O) groups excluding carboxylic acids is 1. The van der Waals surface area contributed by atoms with Crippen molar-refractivity contribution in [3.63, 3.8) is 0 Å². The Hall–Kier alpha value is -2.17. The first-order valence-electron chi connectivity index (χ1n) is 5.48. The molecular weight excluding hydrogens is 218 g/mol. The molecule has 2 N–H and O–H groups in total. The molecule has 0 atom stereocenters. The summed E-state index contributed by atoms with van der Waals surface area (Å²) in [6.07, 6.45) is 2.10. The topological polar surface area (TPSA) is 74.8 Å². The third kappa shape index (κ3) is 2.50. The average Bonchev–Trinajstić information content (AvgIpc) is 2.35. The Kier molecular flexibility index (Phi) is 3.18. The SMILES string of the molecule is CCCNC(=O)c1ccc2[nH]c(=O)cnc2c1. The molecule has 88 valence electrons. The minimum absolute atomic E-state index is 0.123. The molecule has 2 rings (SSSR count). The fourth-order valence-corrected chi connectivity index (χ4v) is 1.52. The summed E-state index contributed by atoms with van der Waals surface area (Å²) in [6.45, 7) is 2.64. The van der Waals surface area contributed by atoms with Crippen molar-refractivity contribution < 1.29 is 4.79 Å². The monoisotopic (exact) mass is 231 g/mol. The van der Waals surface area contributed by atoms with Crippen molar-refractivity contribution in [3.05, 3.63) is 40.3 Å². The van der Waals surface area contributed by atoms with Gasteiger partial charge in [-0.05, 0) is 24.6 Å². The Labute approximate surface area is 97.9 Å². The van der Waals surface area contributed by atoms with Gasteiger partial charge in [-0.25, -0.2) is 4.98 Å². The van der Waals surface area contributed by atoms with E-state index < -0.39 is 0 Å². The minimum Gasteiger partial charge on any atom is -0.352 e. The maximum Gasteiger partial charge on any atom is 0.266 e. The number of benzene rings is 1. The Morgan fingerprint density at radius 3 is 3.06 bits per heavy atom. The number of H-pyrrole nitrogens is 1. The summed E-state index contributed by atoms with van der Waals surface area (Å²) in [5.74, 6) is -0.123. The predicted octanol–water partition coefficient (Wildman–Crippen LogP) is 1.06. The molecule has 0 unspecified atom stereocenters. The Morgan fingerprint density at radius 1 is 1.47 bits per heavy atom. The fraction of sp³-hybridized carbons (Fsp3) is 0.250. The van der Waals surface area contributed by atoms with Gasteiger partial charge in [0, 0.05) is 12.1 Å². The number of rotatable bonds is 3. The summed E-state index contributed by atoms with van der Waals surface area (Å²) in [4.78, 5) is 29.4. The van der Waals surface area contributed by atoms with Crippen molar-refractivity contribution in [2.75, 3.05) is 6.54 Å². The zero-order valence-corrected chi connectivity index (χ0v) is 9.49. The number of aromatic amines is 1. The molecule has 0 aliphatic rings. The number of fused-ring (bicyclic) bond motifs is 1. The molecule has 5 heteroatoms. The summed E-state index contributed by atoms with van der Waals surface area (Å²) in [6, 6.07) is 5.02. The van der Waals surface area contributed by atoms with Crippen molar-refractivity contribution in [1.29, 1.82) is 0 Å². The van der Waals surface area contributed by atoms with Gasteiger partial charge in [-0.2, -0.15) is 0 Å². The highest BCUT2D eigenvalue weighted by Gasteiger charge is 2.06. The maximum atomic E-state index is 11.7. The fourth-order valence-electron chi connectivity index (χ4n) is 1.52. The van der Waals surface area contributed by atoms with Crippen LogP contribution in [0.15, 0.2) is 29.2 Å². The van der Waals surface area contributed by atoms with Crippen molar-refractivity contribution in [3.8, 4) is 0 Å². The van der Waals surface area contributed by atoms with Crippen molar-refractivity contribution in [2.45, 2.75) is 13.3 Å². The molecule has 0 fully saturated rings. The van der Waals surface area contributed by atoms with Gasteiger partial charge in [0.25, 0.3) is 11.5 Å². The molecule has 1 aromatic heterocycles. The van der Waals surface area contributed by atoms with Crippen LogP contribution in [0, 0.1) is 0 Å². The summed E-state index contributed by atoms with van der Waals surface area (Å²) in [5, 5.41) is 2.79. The first-order chi connectivity index (χ1) is 8.20. The molecule has 0 radical (unpaired) electrons. The Morgan fingerprint density at radius 2 is 2.29 bits per heavy atom. The summed E-state index contributed by atoms with van der Waals surface area (Å²) in [7, 11) is 0. The number of nitrogens with zero attached hydrogens (tertiary/aromatic N) is 1. The second kappa shape index (κ2) is 4.78. The lowest BCUT2D eigenvalue weighted by molar-refractivity contribution is 0.0954. The smallest absolute Gasteiger partial charge is 0.266 e. The first kappa shape index (κ1) is 11.3. The second-order valence-electron chi connectivity index (χ2n) is 3.74. The van der Waals surface area contributed by atoms with Gasteiger partial charge in [-0.1, -0.05) is 6.92 Å². The molecule has 0 bridgehead atoms. The van der Waals surface area contributed by atoms with Crippen LogP contribution < -0.4 is 10.9 Å². The van der Waals surface area contributed by atoms with Crippen LogP contribution in [0.2, 0.25) is 0 Å². The standard InChI is InChI=1S/C12H13N3O2/c1-2-5-13-12(17)8-3-4-9-10(6-8)14-7-11(16)15-9/h3-4,6-7H,2,5H2,1H3,(H,13,17)(H,15,16). The van der Waals surface area contributed by atoms with Gasteiger partial charge >= 0.3 is 0 Å². The molecular formula is C12H13N3O2. The third-order valence-corrected chi connectivity index (χ3v) is 2.37. The van der Waals surface area contributed by atoms with E-state index in [1.807, 2.05) is 6.92 Å². The number of nitrogens with one attached hydrogen (secondary N) is 2. The van der Waals surface area contributed by atoms with E-state index in [2.05, 4.69) is 15.3 Å². The van der Waals surface area contributed by atoms with Crippen molar-refractivity contribution >= 4 is 16.9 Å². The predicted molar refractivity (Wildman–Crippen MR) is 65.0 cm³/mol. The van der Waals surface area contributed by atoms with Crippen LogP contribution in [0.5, 0.6) is 0 Å². The molecule has 0 saturated heterocycles. The number of hydrogen-bond donors (Lipinski definition) is 2.